The fraction of sp³-hybridized carbons (Fsp3) is 0.385. The highest BCUT2D eigenvalue weighted by molar-refractivity contribution is 5.96. The zero-order valence-corrected chi connectivity index (χ0v) is 10.2. The van der Waals surface area contributed by atoms with Gasteiger partial charge in [0.05, 0.1) is 5.56 Å². The molecule has 5 heteroatoms. The van der Waals surface area contributed by atoms with Crippen LogP contribution in [0.3, 0.4) is 0 Å². The van der Waals surface area contributed by atoms with Gasteiger partial charge in [0.25, 0.3) is 0 Å². The number of piperidine rings is 1. The summed E-state index contributed by atoms with van der Waals surface area (Å²) < 4.78 is 0. The molecule has 1 aromatic carbocycles. The maximum absolute atomic E-state index is 11.6. The van der Waals surface area contributed by atoms with Gasteiger partial charge in [-0.2, -0.15) is 0 Å². The number of carbonyl (C=O) groups is 2. The van der Waals surface area contributed by atoms with E-state index in [4.69, 9.17) is 5.11 Å². The van der Waals surface area contributed by atoms with Gasteiger partial charge in [-0.1, -0.05) is 11.6 Å². The van der Waals surface area contributed by atoms with E-state index in [2.05, 4.69) is 10.6 Å². The fourth-order valence-corrected chi connectivity index (χ4v) is 2.06. The van der Waals surface area contributed by atoms with Gasteiger partial charge in [-0.25, -0.2) is 4.79 Å². The molecule has 1 unspecified atom stereocenters. The van der Waals surface area contributed by atoms with Gasteiger partial charge in [0, 0.05) is 12.2 Å². The van der Waals surface area contributed by atoms with E-state index in [1.807, 2.05) is 13.0 Å². The van der Waals surface area contributed by atoms with E-state index >= 15 is 0 Å². The van der Waals surface area contributed by atoms with Crippen molar-refractivity contribution in [2.75, 3.05) is 11.9 Å². The number of carboxylic acids is 1. The van der Waals surface area contributed by atoms with E-state index in [-0.39, 0.29) is 17.5 Å². The summed E-state index contributed by atoms with van der Waals surface area (Å²) in [6.45, 7) is 2.53. The predicted molar refractivity (Wildman–Crippen MR) is 67.8 cm³/mol. The van der Waals surface area contributed by atoms with Crippen molar-refractivity contribution >= 4 is 17.6 Å². The highest BCUT2D eigenvalue weighted by Crippen LogP contribution is 2.20. The van der Waals surface area contributed by atoms with Crippen molar-refractivity contribution in [3.8, 4) is 0 Å². The van der Waals surface area contributed by atoms with Crippen molar-refractivity contribution in [2.45, 2.75) is 25.8 Å². The molecule has 1 aliphatic heterocycles. The van der Waals surface area contributed by atoms with Gasteiger partial charge in [-0.05, 0) is 31.9 Å². The molecule has 1 aromatic rings. The number of anilines is 1. The minimum absolute atomic E-state index is 0.0711. The third kappa shape index (κ3) is 2.61. The normalized spacial score (nSPS) is 19.2. The number of aryl methyl sites for hydroxylation is 1. The van der Waals surface area contributed by atoms with Crippen molar-refractivity contribution in [3.63, 3.8) is 0 Å². The quantitative estimate of drug-likeness (QED) is 0.755. The van der Waals surface area contributed by atoms with Crippen LogP contribution in [0.25, 0.3) is 0 Å². The number of nitrogens with one attached hydrogen (secondary N) is 2. The Morgan fingerprint density at radius 2 is 2.28 bits per heavy atom. The topological polar surface area (TPSA) is 78.4 Å². The molecule has 1 amide bonds. The number of amides is 1. The third-order valence-corrected chi connectivity index (χ3v) is 3.02. The van der Waals surface area contributed by atoms with E-state index in [9.17, 15) is 9.59 Å². The van der Waals surface area contributed by atoms with Crippen LogP contribution in [0.15, 0.2) is 18.2 Å². The van der Waals surface area contributed by atoms with Crippen LogP contribution in [0, 0.1) is 6.92 Å². The number of benzene rings is 1. The van der Waals surface area contributed by atoms with Gasteiger partial charge >= 0.3 is 5.97 Å². The Kier molecular flexibility index (Phi) is 3.50. The van der Waals surface area contributed by atoms with Crippen LogP contribution in [0.1, 0.15) is 28.8 Å². The average molecular weight is 248 g/mol. The summed E-state index contributed by atoms with van der Waals surface area (Å²) in [5.41, 5.74) is 1.58. The molecule has 96 valence electrons. The summed E-state index contributed by atoms with van der Waals surface area (Å²) in [5, 5.41) is 14.9. The molecule has 0 radical (unpaired) electrons. The lowest BCUT2D eigenvalue weighted by Gasteiger charge is -2.24. The molecular formula is C13H16N2O3. The Balaban J connectivity index is 2.22. The lowest BCUT2D eigenvalue weighted by molar-refractivity contribution is -0.123. The summed E-state index contributed by atoms with van der Waals surface area (Å²) in [4.78, 5) is 22.8. The maximum atomic E-state index is 11.6. The van der Waals surface area contributed by atoms with Crippen LogP contribution < -0.4 is 10.6 Å². The number of aromatic carboxylic acids is 1. The lowest BCUT2D eigenvalue weighted by Crippen LogP contribution is -2.44. The van der Waals surface area contributed by atoms with Gasteiger partial charge in [0.2, 0.25) is 5.91 Å². The van der Waals surface area contributed by atoms with Gasteiger partial charge in [-0.15, -0.1) is 0 Å². The van der Waals surface area contributed by atoms with Crippen LogP contribution in [0.4, 0.5) is 5.69 Å². The second kappa shape index (κ2) is 5.08. The first-order valence-electron chi connectivity index (χ1n) is 5.96. The van der Waals surface area contributed by atoms with E-state index in [1.54, 1.807) is 12.1 Å². The number of carbonyl (C=O) groups excluding carboxylic acids is 1. The Bertz CT molecular complexity index is 485. The number of rotatable bonds is 3. The molecule has 1 fully saturated rings. The number of hydrogen-bond acceptors (Lipinski definition) is 3. The highest BCUT2D eigenvalue weighted by Gasteiger charge is 2.23. The SMILES string of the molecule is Cc1ccc(NC2CCCNC2=O)c(C(=O)O)c1. The summed E-state index contributed by atoms with van der Waals surface area (Å²) in [7, 11) is 0. The molecule has 0 bridgehead atoms. The number of carboxylic acid groups (broad SMARTS) is 1. The van der Waals surface area contributed by atoms with Crippen molar-refractivity contribution in [1.29, 1.82) is 0 Å². The van der Waals surface area contributed by atoms with Gasteiger partial charge < -0.3 is 15.7 Å². The monoisotopic (exact) mass is 248 g/mol. The van der Waals surface area contributed by atoms with E-state index in [0.717, 1.165) is 18.4 Å². The highest BCUT2D eigenvalue weighted by atomic mass is 16.4. The second-order valence-corrected chi connectivity index (χ2v) is 4.48. The fourth-order valence-electron chi connectivity index (χ4n) is 2.06. The Labute approximate surface area is 105 Å². The zero-order valence-electron chi connectivity index (χ0n) is 10.2. The standard InChI is InChI=1S/C13H16N2O3/c1-8-4-5-10(9(7-8)13(17)18)15-11-3-2-6-14-12(11)16/h4-5,7,11,15H,2-3,6H2,1H3,(H,14,16)(H,17,18). The Morgan fingerprint density at radius 1 is 1.50 bits per heavy atom. The largest absolute Gasteiger partial charge is 0.478 e. The second-order valence-electron chi connectivity index (χ2n) is 4.48. The first-order chi connectivity index (χ1) is 8.58. The van der Waals surface area contributed by atoms with Crippen molar-refractivity contribution in [2.24, 2.45) is 0 Å². The molecule has 1 aliphatic rings. The first kappa shape index (κ1) is 12.4. The minimum atomic E-state index is -0.989. The molecule has 1 heterocycles. The molecule has 0 spiro atoms. The molecule has 0 aromatic heterocycles. The van der Waals surface area contributed by atoms with E-state index in [0.29, 0.717) is 12.2 Å². The van der Waals surface area contributed by atoms with Gasteiger partial charge in [0.1, 0.15) is 6.04 Å². The predicted octanol–water partition coefficient (Wildman–Crippen LogP) is 1.38. The summed E-state index contributed by atoms with van der Waals surface area (Å²) >= 11 is 0. The van der Waals surface area contributed by atoms with Crippen LogP contribution in [0.5, 0.6) is 0 Å². The minimum Gasteiger partial charge on any atom is -0.478 e. The molecule has 3 N–H and O–H groups in total. The zero-order chi connectivity index (χ0) is 13.1. The maximum Gasteiger partial charge on any atom is 0.337 e. The molecular weight excluding hydrogens is 232 g/mol. The molecule has 0 saturated carbocycles. The molecule has 18 heavy (non-hydrogen) atoms. The third-order valence-electron chi connectivity index (χ3n) is 3.02. The van der Waals surface area contributed by atoms with E-state index < -0.39 is 5.97 Å². The van der Waals surface area contributed by atoms with Crippen molar-refractivity contribution in [3.05, 3.63) is 29.3 Å². The summed E-state index contributed by atoms with van der Waals surface area (Å²) in [6.07, 6.45) is 1.62. The van der Waals surface area contributed by atoms with Crippen LogP contribution in [-0.2, 0) is 4.79 Å². The van der Waals surface area contributed by atoms with Crippen molar-refractivity contribution < 1.29 is 14.7 Å². The summed E-state index contributed by atoms with van der Waals surface area (Å²) in [5.74, 6) is -1.06. The van der Waals surface area contributed by atoms with E-state index in [1.165, 1.54) is 0 Å². The molecule has 5 nitrogen and oxygen atoms in total. The summed E-state index contributed by atoms with van der Waals surface area (Å²) in [6, 6.07) is 4.79. The first-order valence-corrected chi connectivity index (χ1v) is 5.96. The van der Waals surface area contributed by atoms with Crippen LogP contribution >= 0.6 is 0 Å². The molecule has 2 rings (SSSR count). The lowest BCUT2D eigenvalue weighted by atomic mass is 10.0. The Hall–Kier alpha value is -2.04. The van der Waals surface area contributed by atoms with Gasteiger partial charge in [-0.3, -0.25) is 4.79 Å². The smallest absolute Gasteiger partial charge is 0.337 e. The van der Waals surface area contributed by atoms with Crippen LogP contribution in [0.2, 0.25) is 0 Å². The molecule has 1 saturated heterocycles. The number of hydrogen-bond donors (Lipinski definition) is 3. The molecule has 1 atom stereocenters. The van der Waals surface area contributed by atoms with Gasteiger partial charge in [0.15, 0.2) is 0 Å². The average Bonchev–Trinajstić information content (AvgIpc) is 2.34. The van der Waals surface area contributed by atoms with Crippen molar-refractivity contribution in [1.82, 2.24) is 5.32 Å². The van der Waals surface area contributed by atoms with Crippen LogP contribution in [-0.4, -0.2) is 29.6 Å². The Morgan fingerprint density at radius 3 is 2.94 bits per heavy atom. The molecule has 0 aliphatic carbocycles.